The van der Waals surface area contributed by atoms with Gasteiger partial charge in [-0.05, 0) is 18.2 Å². The van der Waals surface area contributed by atoms with E-state index in [2.05, 4.69) is 20.3 Å². The predicted octanol–water partition coefficient (Wildman–Crippen LogP) is 2.50. The highest BCUT2D eigenvalue weighted by Crippen LogP contribution is 2.27. The van der Waals surface area contributed by atoms with Gasteiger partial charge in [0.2, 0.25) is 0 Å². The first-order chi connectivity index (χ1) is 8.55. The van der Waals surface area contributed by atoms with Crippen LogP contribution in [0.1, 0.15) is 11.4 Å². The standard InChI is InChI=1S/C11H9F3N4/c12-11(13,14)10-2-1-8(6-17-10)16-5-9-3-4-15-7-18-9/h1-4,6-7,16H,5H2. The van der Waals surface area contributed by atoms with Gasteiger partial charge in [-0.2, -0.15) is 13.2 Å². The minimum Gasteiger partial charge on any atom is -0.378 e. The minimum atomic E-state index is -4.41. The van der Waals surface area contributed by atoms with E-state index in [-0.39, 0.29) is 0 Å². The van der Waals surface area contributed by atoms with Crippen LogP contribution in [0.3, 0.4) is 0 Å². The molecule has 94 valence electrons. The van der Waals surface area contributed by atoms with Crippen LogP contribution in [0.5, 0.6) is 0 Å². The number of hydrogen-bond donors (Lipinski definition) is 1. The number of pyridine rings is 1. The van der Waals surface area contributed by atoms with E-state index in [1.807, 2.05) is 0 Å². The molecule has 0 aliphatic rings. The molecule has 0 bridgehead atoms. The van der Waals surface area contributed by atoms with Crippen LogP contribution in [0.4, 0.5) is 18.9 Å². The Labute approximate surface area is 101 Å². The van der Waals surface area contributed by atoms with Gasteiger partial charge in [0, 0.05) is 6.20 Å². The first-order valence-electron chi connectivity index (χ1n) is 5.08. The molecule has 2 aromatic rings. The van der Waals surface area contributed by atoms with Gasteiger partial charge in [-0.25, -0.2) is 15.0 Å². The summed E-state index contributed by atoms with van der Waals surface area (Å²) >= 11 is 0. The molecule has 7 heteroatoms. The third-order valence-corrected chi connectivity index (χ3v) is 2.17. The number of halogens is 3. The van der Waals surface area contributed by atoms with Crippen molar-refractivity contribution in [3.8, 4) is 0 Å². The highest BCUT2D eigenvalue weighted by Gasteiger charge is 2.31. The van der Waals surface area contributed by atoms with Gasteiger partial charge in [-0.15, -0.1) is 0 Å². The third kappa shape index (κ3) is 3.16. The summed E-state index contributed by atoms with van der Waals surface area (Å²) in [7, 11) is 0. The molecule has 2 rings (SSSR count). The van der Waals surface area contributed by atoms with E-state index >= 15 is 0 Å². The molecular formula is C11H9F3N4. The normalized spacial score (nSPS) is 11.3. The molecule has 0 aliphatic heterocycles. The van der Waals surface area contributed by atoms with Crippen LogP contribution < -0.4 is 5.32 Å². The second kappa shape index (κ2) is 4.99. The third-order valence-electron chi connectivity index (χ3n) is 2.17. The molecule has 0 aromatic carbocycles. The van der Waals surface area contributed by atoms with E-state index in [1.54, 1.807) is 12.3 Å². The summed E-state index contributed by atoms with van der Waals surface area (Å²) < 4.78 is 36.8. The summed E-state index contributed by atoms with van der Waals surface area (Å²) in [5.41, 5.74) is 0.335. The fraction of sp³-hybridized carbons (Fsp3) is 0.182. The van der Waals surface area contributed by atoms with Crippen molar-refractivity contribution in [1.29, 1.82) is 0 Å². The van der Waals surface area contributed by atoms with Crippen LogP contribution in [-0.4, -0.2) is 15.0 Å². The molecule has 0 amide bonds. The van der Waals surface area contributed by atoms with Crippen molar-refractivity contribution in [2.75, 3.05) is 5.32 Å². The summed E-state index contributed by atoms with van der Waals surface area (Å²) in [6, 6.07) is 3.98. The molecular weight excluding hydrogens is 245 g/mol. The largest absolute Gasteiger partial charge is 0.433 e. The summed E-state index contributed by atoms with van der Waals surface area (Å²) in [5, 5.41) is 2.92. The summed E-state index contributed by atoms with van der Waals surface area (Å²) in [6.45, 7) is 0.398. The van der Waals surface area contributed by atoms with Gasteiger partial charge >= 0.3 is 6.18 Å². The molecule has 0 unspecified atom stereocenters. The fourth-order valence-corrected chi connectivity index (χ4v) is 1.28. The maximum Gasteiger partial charge on any atom is 0.433 e. The van der Waals surface area contributed by atoms with Crippen LogP contribution in [0.25, 0.3) is 0 Å². The monoisotopic (exact) mass is 254 g/mol. The van der Waals surface area contributed by atoms with Crippen molar-refractivity contribution in [2.45, 2.75) is 12.7 Å². The quantitative estimate of drug-likeness (QED) is 0.914. The van der Waals surface area contributed by atoms with Gasteiger partial charge in [0.1, 0.15) is 12.0 Å². The molecule has 4 nitrogen and oxygen atoms in total. The number of anilines is 1. The molecule has 2 heterocycles. The van der Waals surface area contributed by atoms with Gasteiger partial charge in [-0.3, -0.25) is 0 Å². The molecule has 0 aliphatic carbocycles. The van der Waals surface area contributed by atoms with E-state index < -0.39 is 11.9 Å². The summed E-state index contributed by atoms with van der Waals surface area (Å²) in [4.78, 5) is 11.1. The van der Waals surface area contributed by atoms with E-state index in [9.17, 15) is 13.2 Å². The number of hydrogen-bond acceptors (Lipinski definition) is 4. The Kier molecular flexibility index (Phi) is 3.40. The Hall–Kier alpha value is -2.18. The Morgan fingerprint density at radius 3 is 2.50 bits per heavy atom. The van der Waals surface area contributed by atoms with Crippen molar-refractivity contribution in [2.24, 2.45) is 0 Å². The predicted molar refractivity (Wildman–Crippen MR) is 58.6 cm³/mol. The topological polar surface area (TPSA) is 50.7 Å². The van der Waals surface area contributed by atoms with Crippen LogP contribution in [0.15, 0.2) is 36.9 Å². The van der Waals surface area contributed by atoms with Gasteiger partial charge in [0.05, 0.1) is 24.1 Å². The molecule has 0 atom stereocenters. The average molecular weight is 254 g/mol. The second-order valence-electron chi connectivity index (χ2n) is 3.48. The zero-order valence-electron chi connectivity index (χ0n) is 9.15. The van der Waals surface area contributed by atoms with Crippen LogP contribution in [0.2, 0.25) is 0 Å². The Bertz CT molecular complexity index is 496. The average Bonchev–Trinajstić information content (AvgIpc) is 2.37. The molecule has 0 fully saturated rings. The summed E-state index contributed by atoms with van der Waals surface area (Å²) in [6.07, 6.45) is -0.272. The maximum absolute atomic E-state index is 12.3. The molecule has 0 spiro atoms. The maximum atomic E-state index is 12.3. The lowest BCUT2D eigenvalue weighted by Crippen LogP contribution is -2.08. The van der Waals surface area contributed by atoms with Crippen molar-refractivity contribution < 1.29 is 13.2 Å². The zero-order chi connectivity index (χ0) is 13.0. The van der Waals surface area contributed by atoms with Crippen molar-refractivity contribution in [3.63, 3.8) is 0 Å². The number of alkyl halides is 3. The van der Waals surface area contributed by atoms with Crippen LogP contribution in [0, 0.1) is 0 Å². The first-order valence-corrected chi connectivity index (χ1v) is 5.08. The lowest BCUT2D eigenvalue weighted by atomic mass is 10.3. The van der Waals surface area contributed by atoms with Gasteiger partial charge in [-0.1, -0.05) is 0 Å². The van der Waals surface area contributed by atoms with Gasteiger partial charge in [0.15, 0.2) is 0 Å². The lowest BCUT2D eigenvalue weighted by molar-refractivity contribution is -0.141. The highest BCUT2D eigenvalue weighted by atomic mass is 19.4. The van der Waals surface area contributed by atoms with E-state index in [1.165, 1.54) is 12.4 Å². The fourth-order valence-electron chi connectivity index (χ4n) is 1.28. The molecule has 0 radical (unpaired) electrons. The van der Waals surface area contributed by atoms with Crippen LogP contribution >= 0.6 is 0 Å². The Morgan fingerprint density at radius 2 is 1.94 bits per heavy atom. The van der Waals surface area contributed by atoms with E-state index in [0.717, 1.165) is 18.0 Å². The first kappa shape index (κ1) is 12.3. The lowest BCUT2D eigenvalue weighted by Gasteiger charge is -2.08. The molecule has 18 heavy (non-hydrogen) atoms. The minimum absolute atomic E-state index is 0.398. The molecule has 2 aromatic heterocycles. The summed E-state index contributed by atoms with van der Waals surface area (Å²) in [5.74, 6) is 0. The molecule has 0 saturated heterocycles. The van der Waals surface area contributed by atoms with Crippen molar-refractivity contribution in [1.82, 2.24) is 15.0 Å². The molecule has 1 N–H and O–H groups in total. The van der Waals surface area contributed by atoms with Crippen molar-refractivity contribution >= 4 is 5.69 Å². The number of nitrogens with zero attached hydrogens (tertiary/aromatic N) is 3. The van der Waals surface area contributed by atoms with Gasteiger partial charge in [0.25, 0.3) is 0 Å². The Balaban J connectivity index is 1.99. The zero-order valence-corrected chi connectivity index (χ0v) is 9.15. The van der Waals surface area contributed by atoms with Crippen LogP contribution in [-0.2, 0) is 12.7 Å². The van der Waals surface area contributed by atoms with E-state index in [4.69, 9.17) is 0 Å². The second-order valence-corrected chi connectivity index (χ2v) is 3.48. The number of nitrogens with one attached hydrogen (secondary N) is 1. The number of rotatable bonds is 3. The smallest absolute Gasteiger partial charge is 0.378 e. The number of aromatic nitrogens is 3. The molecule has 0 saturated carbocycles. The SMILES string of the molecule is FC(F)(F)c1ccc(NCc2ccncn2)cn1. The van der Waals surface area contributed by atoms with Crippen molar-refractivity contribution in [3.05, 3.63) is 48.3 Å². The highest BCUT2D eigenvalue weighted by molar-refractivity contribution is 5.41. The van der Waals surface area contributed by atoms with E-state index in [0.29, 0.717) is 12.2 Å². The Morgan fingerprint density at radius 1 is 1.11 bits per heavy atom. The van der Waals surface area contributed by atoms with Gasteiger partial charge < -0.3 is 5.32 Å².